The molecule has 1 N–H and O–H groups in total. The van der Waals surface area contributed by atoms with Crippen LogP contribution in [-0.2, 0) is 9.59 Å². The largest absolute Gasteiger partial charge is 0.481 e. The number of carbonyl (C=O) groups excluding carboxylic acids is 1. The van der Waals surface area contributed by atoms with Gasteiger partial charge in [0.25, 0.3) is 0 Å². The van der Waals surface area contributed by atoms with E-state index in [1.165, 1.54) is 4.90 Å². The fraction of sp³-hybridized carbons (Fsp3) is 0.333. The molecule has 1 aliphatic rings. The van der Waals surface area contributed by atoms with Gasteiger partial charge in [-0.05, 0) is 17.7 Å². The first-order chi connectivity index (χ1) is 8.00. The van der Waals surface area contributed by atoms with E-state index in [0.29, 0.717) is 5.02 Å². The van der Waals surface area contributed by atoms with Gasteiger partial charge in [0.1, 0.15) is 0 Å². The molecule has 1 fully saturated rings. The third-order valence-electron chi connectivity index (χ3n) is 3.12. The van der Waals surface area contributed by atoms with E-state index in [0.717, 1.165) is 5.56 Å². The Balaban J connectivity index is 2.37. The molecule has 1 aromatic rings. The highest BCUT2D eigenvalue weighted by molar-refractivity contribution is 6.30. The van der Waals surface area contributed by atoms with Gasteiger partial charge in [-0.2, -0.15) is 0 Å². The Hall–Kier alpha value is -1.55. The lowest BCUT2D eigenvalue weighted by atomic mass is 9.94. The zero-order valence-electron chi connectivity index (χ0n) is 9.26. The molecule has 1 aromatic carbocycles. The normalized spacial score (nSPS) is 24.1. The minimum Gasteiger partial charge on any atom is -0.481 e. The molecule has 5 heteroatoms. The number of carboxylic acids is 1. The number of carbonyl (C=O) groups is 2. The maximum atomic E-state index is 11.6. The molecule has 1 heterocycles. The van der Waals surface area contributed by atoms with Crippen molar-refractivity contribution in [1.29, 1.82) is 0 Å². The molecule has 1 saturated heterocycles. The van der Waals surface area contributed by atoms with Crippen LogP contribution in [0.2, 0.25) is 5.02 Å². The molecule has 90 valence electrons. The number of carboxylic acid groups (broad SMARTS) is 1. The molecule has 1 aliphatic heterocycles. The topological polar surface area (TPSA) is 57.6 Å². The van der Waals surface area contributed by atoms with E-state index < -0.39 is 17.9 Å². The van der Waals surface area contributed by atoms with Gasteiger partial charge in [0.15, 0.2) is 0 Å². The van der Waals surface area contributed by atoms with E-state index in [1.807, 2.05) is 0 Å². The minimum atomic E-state index is -0.942. The second kappa shape index (κ2) is 4.37. The van der Waals surface area contributed by atoms with Crippen molar-refractivity contribution < 1.29 is 14.7 Å². The third-order valence-corrected chi connectivity index (χ3v) is 3.37. The fourth-order valence-electron chi connectivity index (χ4n) is 2.21. The second-order valence-electron chi connectivity index (χ2n) is 4.15. The van der Waals surface area contributed by atoms with Crippen LogP contribution in [0.5, 0.6) is 0 Å². The van der Waals surface area contributed by atoms with Gasteiger partial charge in [-0.25, -0.2) is 0 Å². The predicted molar refractivity (Wildman–Crippen MR) is 62.7 cm³/mol. The van der Waals surface area contributed by atoms with E-state index in [1.54, 1.807) is 31.3 Å². The number of halogens is 1. The zero-order valence-corrected chi connectivity index (χ0v) is 10.0. The van der Waals surface area contributed by atoms with Gasteiger partial charge in [-0.15, -0.1) is 0 Å². The molecule has 0 spiro atoms. The van der Waals surface area contributed by atoms with Crippen LogP contribution in [0.25, 0.3) is 0 Å². The van der Waals surface area contributed by atoms with E-state index in [4.69, 9.17) is 16.7 Å². The molecular formula is C12H12ClNO3. The van der Waals surface area contributed by atoms with Crippen LogP contribution >= 0.6 is 11.6 Å². The van der Waals surface area contributed by atoms with Crippen molar-refractivity contribution in [1.82, 2.24) is 4.90 Å². The van der Waals surface area contributed by atoms with Gasteiger partial charge in [-0.1, -0.05) is 23.7 Å². The van der Waals surface area contributed by atoms with Crippen LogP contribution in [0.1, 0.15) is 18.0 Å². The highest BCUT2D eigenvalue weighted by atomic mass is 35.5. The molecule has 2 rings (SSSR count). The second-order valence-corrected chi connectivity index (χ2v) is 4.59. The average molecular weight is 254 g/mol. The third kappa shape index (κ3) is 2.13. The summed E-state index contributed by atoms with van der Waals surface area (Å²) in [7, 11) is 1.63. The molecular weight excluding hydrogens is 242 g/mol. The maximum Gasteiger partial charge on any atom is 0.309 e. The summed E-state index contributed by atoms with van der Waals surface area (Å²) in [6.07, 6.45) is 0.0547. The van der Waals surface area contributed by atoms with E-state index in [-0.39, 0.29) is 12.3 Å². The van der Waals surface area contributed by atoms with Gasteiger partial charge in [0.05, 0.1) is 12.0 Å². The average Bonchev–Trinajstić information content (AvgIpc) is 2.57. The summed E-state index contributed by atoms with van der Waals surface area (Å²) in [6.45, 7) is 0. The Morgan fingerprint density at radius 3 is 2.53 bits per heavy atom. The van der Waals surface area contributed by atoms with E-state index in [2.05, 4.69) is 0 Å². The van der Waals surface area contributed by atoms with Crippen molar-refractivity contribution >= 4 is 23.5 Å². The number of rotatable bonds is 2. The standard InChI is InChI=1S/C12H12ClNO3/c1-14-10(15)6-9(12(16)17)11(14)7-2-4-8(13)5-3-7/h2-5,9,11H,6H2,1H3,(H,16,17)/t9-,11+/m1/s1. The van der Waals surface area contributed by atoms with Crippen LogP contribution in [0.15, 0.2) is 24.3 Å². The summed E-state index contributed by atoms with van der Waals surface area (Å²) < 4.78 is 0. The molecule has 0 unspecified atom stereocenters. The molecule has 0 aliphatic carbocycles. The first-order valence-corrected chi connectivity index (χ1v) is 5.62. The van der Waals surface area contributed by atoms with Gasteiger partial charge < -0.3 is 10.0 Å². The SMILES string of the molecule is CN1C(=O)C[C@@H](C(=O)O)[C@@H]1c1ccc(Cl)cc1. The number of nitrogens with zero attached hydrogens (tertiary/aromatic N) is 1. The molecule has 0 saturated carbocycles. The van der Waals surface area contributed by atoms with Gasteiger partial charge in [-0.3, -0.25) is 9.59 Å². The Bertz CT molecular complexity index is 457. The lowest BCUT2D eigenvalue weighted by Crippen LogP contribution is -2.26. The number of benzene rings is 1. The Labute approximate surface area is 104 Å². The van der Waals surface area contributed by atoms with Gasteiger partial charge in [0, 0.05) is 18.5 Å². The van der Waals surface area contributed by atoms with Gasteiger partial charge >= 0.3 is 5.97 Å². The summed E-state index contributed by atoms with van der Waals surface area (Å²) in [4.78, 5) is 24.2. The summed E-state index contributed by atoms with van der Waals surface area (Å²) >= 11 is 5.79. The Kier molecular flexibility index (Phi) is 3.07. The van der Waals surface area contributed by atoms with E-state index in [9.17, 15) is 9.59 Å². The van der Waals surface area contributed by atoms with Crippen LogP contribution in [-0.4, -0.2) is 28.9 Å². The molecule has 0 aromatic heterocycles. The summed E-state index contributed by atoms with van der Waals surface area (Å²) in [5.41, 5.74) is 0.801. The van der Waals surface area contributed by atoms with Crippen molar-refractivity contribution in [3.63, 3.8) is 0 Å². The van der Waals surface area contributed by atoms with Crippen LogP contribution in [0, 0.1) is 5.92 Å². The van der Waals surface area contributed by atoms with Crippen molar-refractivity contribution in [3.05, 3.63) is 34.9 Å². The summed E-state index contributed by atoms with van der Waals surface area (Å²) in [5, 5.41) is 9.72. The van der Waals surface area contributed by atoms with Gasteiger partial charge in [0.2, 0.25) is 5.91 Å². The molecule has 2 atom stereocenters. The Morgan fingerprint density at radius 1 is 1.41 bits per heavy atom. The van der Waals surface area contributed by atoms with Crippen LogP contribution < -0.4 is 0 Å². The molecule has 17 heavy (non-hydrogen) atoms. The number of likely N-dealkylation sites (tertiary alicyclic amines) is 1. The fourth-order valence-corrected chi connectivity index (χ4v) is 2.33. The zero-order chi connectivity index (χ0) is 12.6. The van der Waals surface area contributed by atoms with Crippen molar-refractivity contribution in [2.24, 2.45) is 5.92 Å². The first-order valence-electron chi connectivity index (χ1n) is 5.24. The highest BCUT2D eigenvalue weighted by Gasteiger charge is 2.42. The summed E-state index contributed by atoms with van der Waals surface area (Å²) in [5.74, 6) is -1.77. The molecule has 1 amide bonds. The quantitative estimate of drug-likeness (QED) is 0.876. The lowest BCUT2D eigenvalue weighted by Gasteiger charge is -2.23. The first kappa shape index (κ1) is 11.9. The smallest absolute Gasteiger partial charge is 0.309 e. The number of hydrogen-bond acceptors (Lipinski definition) is 2. The Morgan fingerprint density at radius 2 is 2.00 bits per heavy atom. The van der Waals surface area contributed by atoms with Crippen molar-refractivity contribution in [2.75, 3.05) is 7.05 Å². The number of amides is 1. The number of aliphatic carboxylic acids is 1. The van der Waals surface area contributed by atoms with Crippen LogP contribution in [0.3, 0.4) is 0 Å². The molecule has 0 bridgehead atoms. The predicted octanol–water partition coefficient (Wildman–Crippen LogP) is 1.94. The maximum absolute atomic E-state index is 11.6. The van der Waals surface area contributed by atoms with Crippen molar-refractivity contribution in [2.45, 2.75) is 12.5 Å². The molecule has 4 nitrogen and oxygen atoms in total. The number of hydrogen-bond donors (Lipinski definition) is 1. The van der Waals surface area contributed by atoms with E-state index >= 15 is 0 Å². The minimum absolute atomic E-state index is 0.0547. The monoisotopic (exact) mass is 253 g/mol. The summed E-state index contributed by atoms with van der Waals surface area (Å²) in [6, 6.07) is 6.52. The molecule has 0 radical (unpaired) electrons. The van der Waals surface area contributed by atoms with Crippen LogP contribution in [0.4, 0.5) is 0 Å². The highest BCUT2D eigenvalue weighted by Crippen LogP contribution is 2.37. The van der Waals surface area contributed by atoms with Crippen molar-refractivity contribution in [3.8, 4) is 0 Å². The lowest BCUT2D eigenvalue weighted by molar-refractivity contribution is -0.142.